The number of rotatable bonds is 6. The molecule has 4 nitrogen and oxygen atoms in total. The van der Waals surface area contributed by atoms with Gasteiger partial charge in [0.15, 0.2) is 0 Å². The number of nitrogens with one attached hydrogen (secondary N) is 1. The van der Waals surface area contributed by atoms with Crippen molar-refractivity contribution in [2.75, 3.05) is 14.2 Å². The molecule has 0 saturated carbocycles. The third-order valence-corrected chi connectivity index (χ3v) is 3.50. The number of halogens is 1. The summed E-state index contributed by atoms with van der Waals surface area (Å²) in [5, 5.41) is 3.56. The van der Waals surface area contributed by atoms with Crippen LogP contribution in [-0.2, 0) is 17.8 Å². The van der Waals surface area contributed by atoms with Gasteiger partial charge in [0.1, 0.15) is 11.5 Å². The minimum Gasteiger partial charge on any atom is -0.497 e. The van der Waals surface area contributed by atoms with E-state index in [2.05, 4.69) is 5.32 Å². The maximum absolute atomic E-state index is 12.1. The van der Waals surface area contributed by atoms with Crippen LogP contribution < -0.4 is 14.8 Å². The van der Waals surface area contributed by atoms with E-state index in [0.717, 1.165) is 11.1 Å². The lowest BCUT2D eigenvalue weighted by molar-refractivity contribution is -0.120. The van der Waals surface area contributed by atoms with Gasteiger partial charge in [-0.3, -0.25) is 4.79 Å². The summed E-state index contributed by atoms with van der Waals surface area (Å²) < 4.78 is 10.4. The zero-order valence-electron chi connectivity index (χ0n) is 12.6. The number of amides is 1. The van der Waals surface area contributed by atoms with E-state index in [1.54, 1.807) is 32.4 Å². The number of hydrogen-bond donors (Lipinski definition) is 1. The highest BCUT2D eigenvalue weighted by Gasteiger charge is 2.10. The lowest BCUT2D eigenvalue weighted by atomic mass is 10.1. The molecule has 0 aliphatic carbocycles. The summed E-state index contributed by atoms with van der Waals surface area (Å²) in [6.45, 7) is 0.467. The molecule has 1 N–H and O–H groups in total. The van der Waals surface area contributed by atoms with E-state index in [-0.39, 0.29) is 12.3 Å². The van der Waals surface area contributed by atoms with Gasteiger partial charge in [-0.1, -0.05) is 29.8 Å². The molecule has 2 aromatic rings. The SMILES string of the molecule is COc1ccc(CC(=O)NCc2ccc(Cl)cc2)c(OC)c1. The highest BCUT2D eigenvalue weighted by molar-refractivity contribution is 6.30. The van der Waals surface area contributed by atoms with Gasteiger partial charge in [-0.15, -0.1) is 0 Å². The Labute approximate surface area is 135 Å². The van der Waals surface area contributed by atoms with Crippen LogP contribution in [0.2, 0.25) is 5.02 Å². The van der Waals surface area contributed by atoms with Crippen molar-refractivity contribution in [3.8, 4) is 11.5 Å². The fourth-order valence-electron chi connectivity index (χ4n) is 2.04. The zero-order valence-corrected chi connectivity index (χ0v) is 13.3. The van der Waals surface area contributed by atoms with Gasteiger partial charge < -0.3 is 14.8 Å². The average molecular weight is 320 g/mol. The van der Waals surface area contributed by atoms with Crippen LogP contribution in [0.4, 0.5) is 0 Å². The van der Waals surface area contributed by atoms with Gasteiger partial charge in [-0.25, -0.2) is 0 Å². The standard InChI is InChI=1S/C17H18ClNO3/c1-21-15-8-5-13(16(10-15)22-2)9-17(20)19-11-12-3-6-14(18)7-4-12/h3-8,10H,9,11H2,1-2H3,(H,19,20). The highest BCUT2D eigenvalue weighted by atomic mass is 35.5. The van der Waals surface area contributed by atoms with Crippen LogP contribution in [0, 0.1) is 0 Å². The first-order valence-corrected chi connectivity index (χ1v) is 7.22. The molecule has 0 spiro atoms. The monoisotopic (exact) mass is 319 g/mol. The number of benzene rings is 2. The van der Waals surface area contributed by atoms with E-state index in [1.807, 2.05) is 24.3 Å². The molecule has 116 valence electrons. The molecular weight excluding hydrogens is 302 g/mol. The molecule has 0 heterocycles. The van der Waals surface area contributed by atoms with E-state index in [1.165, 1.54) is 0 Å². The van der Waals surface area contributed by atoms with Crippen molar-refractivity contribution in [2.24, 2.45) is 0 Å². The Morgan fingerprint density at radius 3 is 2.45 bits per heavy atom. The van der Waals surface area contributed by atoms with Crippen molar-refractivity contribution < 1.29 is 14.3 Å². The van der Waals surface area contributed by atoms with E-state index < -0.39 is 0 Å². The number of methoxy groups -OCH3 is 2. The summed E-state index contributed by atoms with van der Waals surface area (Å²) in [6.07, 6.45) is 0.251. The molecular formula is C17H18ClNO3. The van der Waals surface area contributed by atoms with Crippen molar-refractivity contribution in [1.29, 1.82) is 0 Å². The Balaban J connectivity index is 1.95. The minimum atomic E-state index is -0.0709. The van der Waals surface area contributed by atoms with Gasteiger partial charge in [0.2, 0.25) is 5.91 Å². The second-order valence-corrected chi connectivity index (χ2v) is 5.19. The summed E-state index contributed by atoms with van der Waals surface area (Å²) in [5.41, 5.74) is 1.82. The first-order valence-electron chi connectivity index (χ1n) is 6.84. The summed E-state index contributed by atoms with van der Waals surface area (Å²) in [5.74, 6) is 1.27. The summed E-state index contributed by atoms with van der Waals surface area (Å²) in [6, 6.07) is 12.8. The largest absolute Gasteiger partial charge is 0.497 e. The molecule has 0 saturated heterocycles. The van der Waals surface area contributed by atoms with E-state index in [4.69, 9.17) is 21.1 Å². The molecule has 0 unspecified atom stereocenters. The minimum absolute atomic E-state index is 0.0709. The topological polar surface area (TPSA) is 47.6 Å². The molecule has 0 aromatic heterocycles. The predicted octanol–water partition coefficient (Wildman–Crippen LogP) is 3.22. The molecule has 0 aliphatic heterocycles. The number of ether oxygens (including phenoxy) is 2. The van der Waals surface area contributed by atoms with Gasteiger partial charge in [-0.05, 0) is 23.8 Å². The molecule has 2 aromatic carbocycles. The summed E-state index contributed by atoms with van der Waals surface area (Å²) in [7, 11) is 3.16. The lowest BCUT2D eigenvalue weighted by Crippen LogP contribution is -2.24. The van der Waals surface area contributed by atoms with Crippen LogP contribution in [0.5, 0.6) is 11.5 Å². The average Bonchev–Trinajstić information content (AvgIpc) is 2.54. The number of hydrogen-bond acceptors (Lipinski definition) is 3. The Morgan fingerprint density at radius 2 is 1.82 bits per heavy atom. The van der Waals surface area contributed by atoms with Gasteiger partial charge in [0.25, 0.3) is 0 Å². The van der Waals surface area contributed by atoms with Crippen LogP contribution in [0.1, 0.15) is 11.1 Å². The first-order chi connectivity index (χ1) is 10.6. The van der Waals surface area contributed by atoms with Crippen LogP contribution in [0.15, 0.2) is 42.5 Å². The van der Waals surface area contributed by atoms with E-state index in [0.29, 0.717) is 23.1 Å². The van der Waals surface area contributed by atoms with Crippen LogP contribution >= 0.6 is 11.6 Å². The van der Waals surface area contributed by atoms with Crippen molar-refractivity contribution in [2.45, 2.75) is 13.0 Å². The van der Waals surface area contributed by atoms with Crippen molar-refractivity contribution in [3.05, 3.63) is 58.6 Å². The van der Waals surface area contributed by atoms with Gasteiger partial charge >= 0.3 is 0 Å². The van der Waals surface area contributed by atoms with Crippen molar-refractivity contribution in [3.63, 3.8) is 0 Å². The third-order valence-electron chi connectivity index (χ3n) is 3.25. The quantitative estimate of drug-likeness (QED) is 0.889. The normalized spacial score (nSPS) is 10.1. The summed E-state index contributed by atoms with van der Waals surface area (Å²) in [4.78, 5) is 12.1. The lowest BCUT2D eigenvalue weighted by Gasteiger charge is -2.11. The van der Waals surface area contributed by atoms with Crippen LogP contribution in [0.3, 0.4) is 0 Å². The third kappa shape index (κ3) is 4.40. The molecule has 0 aliphatic rings. The summed E-state index contributed by atoms with van der Waals surface area (Å²) >= 11 is 5.83. The number of carbonyl (C=O) groups excluding carboxylic acids is 1. The fraction of sp³-hybridized carbons (Fsp3) is 0.235. The smallest absolute Gasteiger partial charge is 0.224 e. The molecule has 0 bridgehead atoms. The molecule has 22 heavy (non-hydrogen) atoms. The maximum Gasteiger partial charge on any atom is 0.224 e. The molecule has 5 heteroatoms. The Kier molecular flexibility index (Phi) is 5.67. The first kappa shape index (κ1) is 16.2. The molecule has 0 radical (unpaired) electrons. The second-order valence-electron chi connectivity index (χ2n) is 4.76. The molecule has 1 amide bonds. The highest BCUT2D eigenvalue weighted by Crippen LogP contribution is 2.24. The van der Waals surface area contributed by atoms with E-state index >= 15 is 0 Å². The van der Waals surface area contributed by atoms with Crippen LogP contribution in [-0.4, -0.2) is 20.1 Å². The fourth-order valence-corrected chi connectivity index (χ4v) is 2.16. The number of carbonyl (C=O) groups is 1. The molecule has 0 fully saturated rings. The van der Waals surface area contributed by atoms with Crippen LogP contribution in [0.25, 0.3) is 0 Å². The Morgan fingerprint density at radius 1 is 1.09 bits per heavy atom. The Bertz CT molecular complexity index is 641. The van der Waals surface area contributed by atoms with Gasteiger partial charge in [-0.2, -0.15) is 0 Å². The van der Waals surface area contributed by atoms with Crippen molar-refractivity contribution in [1.82, 2.24) is 5.32 Å². The zero-order chi connectivity index (χ0) is 15.9. The second kappa shape index (κ2) is 7.71. The molecule has 0 atom stereocenters. The van der Waals surface area contributed by atoms with Crippen molar-refractivity contribution >= 4 is 17.5 Å². The Hall–Kier alpha value is -2.20. The van der Waals surface area contributed by atoms with E-state index in [9.17, 15) is 4.79 Å². The molecule has 2 rings (SSSR count). The maximum atomic E-state index is 12.1. The van der Waals surface area contributed by atoms with Gasteiger partial charge in [0, 0.05) is 23.2 Å². The van der Waals surface area contributed by atoms with Gasteiger partial charge in [0.05, 0.1) is 20.6 Å². The predicted molar refractivity (Wildman–Crippen MR) is 86.5 cm³/mol.